The molecule has 1 amide bonds. The smallest absolute Gasteiger partial charge is 0.263 e. The van der Waals surface area contributed by atoms with Gasteiger partial charge < -0.3 is 5.32 Å². The van der Waals surface area contributed by atoms with E-state index in [0.717, 1.165) is 12.1 Å². The number of amides is 1. The average molecular weight is 406 g/mol. The van der Waals surface area contributed by atoms with E-state index in [0.29, 0.717) is 5.69 Å². The molecule has 138 valence electrons. The van der Waals surface area contributed by atoms with E-state index in [1.165, 1.54) is 42.6 Å². The predicted octanol–water partition coefficient (Wildman–Crippen LogP) is 3.93. The summed E-state index contributed by atoms with van der Waals surface area (Å²) in [6, 6.07) is 13.8. The van der Waals surface area contributed by atoms with Gasteiger partial charge in [-0.3, -0.25) is 9.52 Å². The summed E-state index contributed by atoms with van der Waals surface area (Å²) in [5.74, 6) is -0.894. The molecule has 0 spiro atoms. The highest BCUT2D eigenvalue weighted by Gasteiger charge is 2.16. The van der Waals surface area contributed by atoms with Crippen molar-refractivity contribution in [3.63, 3.8) is 0 Å². The topological polar surface area (TPSA) is 88.2 Å². The molecule has 0 saturated carbocycles. The van der Waals surface area contributed by atoms with Crippen molar-refractivity contribution in [3.8, 4) is 0 Å². The maximum absolute atomic E-state index is 13.1. The van der Waals surface area contributed by atoms with Crippen molar-refractivity contribution in [2.75, 3.05) is 10.0 Å². The molecule has 9 heteroatoms. The number of sulfonamides is 1. The zero-order valence-corrected chi connectivity index (χ0v) is 15.3. The number of nitrogens with zero attached hydrogens (tertiary/aromatic N) is 1. The molecule has 2 N–H and O–H groups in total. The van der Waals surface area contributed by atoms with Crippen LogP contribution in [0, 0.1) is 5.82 Å². The molecule has 2 aromatic carbocycles. The second-order valence-electron chi connectivity index (χ2n) is 5.42. The van der Waals surface area contributed by atoms with Gasteiger partial charge in [-0.1, -0.05) is 17.7 Å². The second-order valence-corrected chi connectivity index (χ2v) is 7.51. The molecule has 0 bridgehead atoms. The Hall–Kier alpha value is -2.97. The minimum atomic E-state index is -3.81. The van der Waals surface area contributed by atoms with Gasteiger partial charge in [0, 0.05) is 11.9 Å². The molecular weight excluding hydrogens is 393 g/mol. The highest BCUT2D eigenvalue weighted by molar-refractivity contribution is 7.92. The minimum absolute atomic E-state index is 0.00552. The zero-order valence-electron chi connectivity index (χ0n) is 13.7. The third-order valence-corrected chi connectivity index (χ3v) is 5.19. The molecular formula is C18H13ClFN3O3S. The van der Waals surface area contributed by atoms with Crippen molar-refractivity contribution in [1.82, 2.24) is 4.98 Å². The number of nitrogens with one attached hydrogen (secondary N) is 2. The van der Waals surface area contributed by atoms with Crippen LogP contribution in [-0.4, -0.2) is 19.3 Å². The summed E-state index contributed by atoms with van der Waals surface area (Å²) in [6.45, 7) is 0. The molecule has 1 aromatic heterocycles. The lowest BCUT2D eigenvalue weighted by Gasteiger charge is -2.09. The Labute approximate surface area is 160 Å². The maximum atomic E-state index is 13.1. The van der Waals surface area contributed by atoms with Crippen molar-refractivity contribution < 1.29 is 17.6 Å². The number of rotatable bonds is 5. The Balaban J connectivity index is 1.74. The summed E-state index contributed by atoms with van der Waals surface area (Å²) >= 11 is 5.86. The largest absolute Gasteiger partial charge is 0.322 e. The fourth-order valence-corrected chi connectivity index (χ4v) is 3.47. The van der Waals surface area contributed by atoms with Crippen LogP contribution in [0.3, 0.4) is 0 Å². The molecule has 3 aromatic rings. The van der Waals surface area contributed by atoms with E-state index in [-0.39, 0.29) is 21.3 Å². The fourth-order valence-electron chi connectivity index (χ4n) is 2.21. The molecule has 0 aliphatic rings. The molecule has 0 atom stereocenters. The van der Waals surface area contributed by atoms with Gasteiger partial charge in [-0.05, 0) is 54.6 Å². The van der Waals surface area contributed by atoms with Crippen LogP contribution >= 0.6 is 11.6 Å². The Kier molecular flexibility index (Phi) is 5.38. The molecule has 27 heavy (non-hydrogen) atoms. The number of pyridine rings is 1. The lowest BCUT2D eigenvalue weighted by molar-refractivity contribution is 0.102. The Morgan fingerprint density at radius 1 is 1.04 bits per heavy atom. The van der Waals surface area contributed by atoms with Gasteiger partial charge in [0.15, 0.2) is 0 Å². The van der Waals surface area contributed by atoms with Gasteiger partial charge in [-0.25, -0.2) is 17.8 Å². The van der Waals surface area contributed by atoms with Crippen LogP contribution in [0.5, 0.6) is 0 Å². The standard InChI is InChI=1S/C18H13ClFN3O3S/c19-16-11-12(20)4-9-15(16)18(24)22-13-5-7-14(8-6-13)27(25,26)23-17-3-1-2-10-21-17/h1-11H,(H,21,23)(H,22,24). The number of carbonyl (C=O) groups is 1. The first-order chi connectivity index (χ1) is 12.8. The number of hydrogen-bond donors (Lipinski definition) is 2. The number of carbonyl (C=O) groups excluding carboxylic acids is 1. The summed E-state index contributed by atoms with van der Waals surface area (Å²) in [5.41, 5.74) is 0.462. The Morgan fingerprint density at radius 3 is 2.41 bits per heavy atom. The monoisotopic (exact) mass is 405 g/mol. The first kappa shape index (κ1) is 18.8. The van der Waals surface area contributed by atoms with Crippen molar-refractivity contribution in [1.29, 1.82) is 0 Å². The predicted molar refractivity (Wildman–Crippen MR) is 101 cm³/mol. The average Bonchev–Trinajstić information content (AvgIpc) is 2.62. The zero-order chi connectivity index (χ0) is 19.4. The maximum Gasteiger partial charge on any atom is 0.263 e. The van der Waals surface area contributed by atoms with Crippen molar-refractivity contribution in [3.05, 3.63) is 83.3 Å². The van der Waals surface area contributed by atoms with E-state index in [1.807, 2.05) is 0 Å². The van der Waals surface area contributed by atoms with Gasteiger partial charge in [-0.2, -0.15) is 0 Å². The Bertz CT molecular complexity index is 1070. The van der Waals surface area contributed by atoms with Crippen molar-refractivity contribution >= 4 is 39.0 Å². The molecule has 0 aliphatic heterocycles. The third-order valence-electron chi connectivity index (χ3n) is 3.50. The van der Waals surface area contributed by atoms with E-state index in [2.05, 4.69) is 15.0 Å². The molecule has 0 fully saturated rings. The van der Waals surface area contributed by atoms with Gasteiger partial charge in [0.05, 0.1) is 15.5 Å². The van der Waals surface area contributed by atoms with E-state index in [4.69, 9.17) is 11.6 Å². The van der Waals surface area contributed by atoms with Crippen LogP contribution in [-0.2, 0) is 10.0 Å². The van der Waals surface area contributed by atoms with Crippen molar-refractivity contribution in [2.45, 2.75) is 4.90 Å². The second kappa shape index (κ2) is 7.73. The lowest BCUT2D eigenvalue weighted by Crippen LogP contribution is -2.15. The van der Waals surface area contributed by atoms with Gasteiger partial charge in [0.25, 0.3) is 15.9 Å². The first-order valence-electron chi connectivity index (χ1n) is 7.65. The van der Waals surface area contributed by atoms with Crippen LogP contribution in [0.25, 0.3) is 0 Å². The summed E-state index contributed by atoms with van der Waals surface area (Å²) < 4.78 is 40.1. The normalized spacial score (nSPS) is 11.0. The van der Waals surface area contributed by atoms with Crippen LogP contribution in [0.1, 0.15) is 10.4 Å². The minimum Gasteiger partial charge on any atom is -0.322 e. The van der Waals surface area contributed by atoms with Crippen LogP contribution in [0.2, 0.25) is 5.02 Å². The number of hydrogen-bond acceptors (Lipinski definition) is 4. The molecule has 6 nitrogen and oxygen atoms in total. The summed E-state index contributed by atoms with van der Waals surface area (Å²) in [5, 5.41) is 2.55. The van der Waals surface area contributed by atoms with Crippen molar-refractivity contribution in [2.24, 2.45) is 0 Å². The van der Waals surface area contributed by atoms with Crippen LogP contribution in [0.15, 0.2) is 71.8 Å². The molecule has 0 unspecified atom stereocenters. The number of benzene rings is 2. The quantitative estimate of drug-likeness (QED) is 0.673. The van der Waals surface area contributed by atoms with E-state index in [1.54, 1.807) is 12.1 Å². The highest BCUT2D eigenvalue weighted by Crippen LogP contribution is 2.21. The molecule has 0 radical (unpaired) electrons. The van der Waals surface area contributed by atoms with E-state index < -0.39 is 21.7 Å². The Morgan fingerprint density at radius 2 is 1.78 bits per heavy atom. The lowest BCUT2D eigenvalue weighted by atomic mass is 10.2. The summed E-state index contributed by atoms with van der Waals surface area (Å²) in [4.78, 5) is 16.1. The molecule has 0 aliphatic carbocycles. The summed E-state index contributed by atoms with van der Waals surface area (Å²) in [7, 11) is -3.81. The molecule has 3 rings (SSSR count). The third kappa shape index (κ3) is 4.60. The van der Waals surface area contributed by atoms with Gasteiger partial charge in [0.2, 0.25) is 0 Å². The van der Waals surface area contributed by atoms with E-state index in [9.17, 15) is 17.6 Å². The highest BCUT2D eigenvalue weighted by atomic mass is 35.5. The fraction of sp³-hybridized carbons (Fsp3) is 0. The van der Waals surface area contributed by atoms with Gasteiger partial charge in [-0.15, -0.1) is 0 Å². The van der Waals surface area contributed by atoms with Crippen LogP contribution in [0.4, 0.5) is 15.9 Å². The first-order valence-corrected chi connectivity index (χ1v) is 9.51. The number of halogens is 2. The summed E-state index contributed by atoms with van der Waals surface area (Å²) in [6.07, 6.45) is 1.47. The SMILES string of the molecule is O=C(Nc1ccc(S(=O)(=O)Nc2ccccn2)cc1)c1ccc(F)cc1Cl. The van der Waals surface area contributed by atoms with Gasteiger partial charge >= 0.3 is 0 Å². The van der Waals surface area contributed by atoms with Crippen LogP contribution < -0.4 is 10.0 Å². The number of aromatic nitrogens is 1. The van der Waals surface area contributed by atoms with E-state index >= 15 is 0 Å². The molecule has 0 saturated heterocycles. The number of anilines is 2. The molecule has 1 heterocycles. The van der Waals surface area contributed by atoms with Gasteiger partial charge in [0.1, 0.15) is 11.6 Å².